The van der Waals surface area contributed by atoms with Crippen LogP contribution in [0.4, 0.5) is 5.69 Å². The maximum absolute atomic E-state index is 10.2. The van der Waals surface area contributed by atoms with Crippen molar-refractivity contribution in [1.82, 2.24) is 0 Å². The van der Waals surface area contributed by atoms with Gasteiger partial charge in [-0.2, -0.15) is 0 Å². The Hall–Kier alpha value is -1.56. The first-order chi connectivity index (χ1) is 8.08. The van der Waals surface area contributed by atoms with Crippen molar-refractivity contribution in [2.24, 2.45) is 5.10 Å². The average molecular weight is 301 g/mol. The van der Waals surface area contributed by atoms with Gasteiger partial charge in [0.25, 0.3) is 0 Å². The van der Waals surface area contributed by atoms with Gasteiger partial charge in [0.2, 0.25) is 0 Å². The SMILES string of the molecule is CO/C(=N/N(C)c1cc(Br)ccc1C)OC=O. The molecule has 0 aliphatic carbocycles. The molecule has 0 saturated carbocycles. The molecular formula is C11H13BrN2O3. The predicted molar refractivity (Wildman–Crippen MR) is 68.9 cm³/mol. The normalized spacial score (nSPS) is 10.9. The molecule has 5 nitrogen and oxygen atoms in total. The van der Waals surface area contributed by atoms with Crippen molar-refractivity contribution < 1.29 is 14.3 Å². The zero-order chi connectivity index (χ0) is 12.8. The third kappa shape index (κ3) is 3.74. The maximum atomic E-state index is 10.2. The highest BCUT2D eigenvalue weighted by atomic mass is 79.9. The Labute approximate surface area is 108 Å². The van der Waals surface area contributed by atoms with Crippen molar-refractivity contribution in [2.75, 3.05) is 19.2 Å². The summed E-state index contributed by atoms with van der Waals surface area (Å²) in [4.78, 5) is 10.2. The van der Waals surface area contributed by atoms with Crippen LogP contribution in [0.3, 0.4) is 0 Å². The number of methoxy groups -OCH3 is 1. The summed E-state index contributed by atoms with van der Waals surface area (Å²) in [7, 11) is 3.12. The molecule has 0 aromatic heterocycles. The van der Waals surface area contributed by atoms with Crippen LogP contribution in [-0.2, 0) is 14.3 Å². The first-order valence-electron chi connectivity index (χ1n) is 4.81. The number of hydrazone groups is 1. The lowest BCUT2D eigenvalue weighted by Crippen LogP contribution is -2.17. The zero-order valence-corrected chi connectivity index (χ0v) is 11.4. The molecule has 1 rings (SSSR count). The number of halogens is 1. The van der Waals surface area contributed by atoms with E-state index >= 15 is 0 Å². The van der Waals surface area contributed by atoms with Gasteiger partial charge in [-0.15, -0.1) is 0 Å². The van der Waals surface area contributed by atoms with E-state index in [1.165, 1.54) is 7.11 Å². The molecule has 0 bridgehead atoms. The van der Waals surface area contributed by atoms with Gasteiger partial charge in [0.05, 0.1) is 12.8 Å². The van der Waals surface area contributed by atoms with Crippen molar-refractivity contribution in [3.8, 4) is 0 Å². The van der Waals surface area contributed by atoms with Crippen LogP contribution in [0.15, 0.2) is 27.8 Å². The van der Waals surface area contributed by atoms with E-state index < -0.39 is 0 Å². The van der Waals surface area contributed by atoms with Gasteiger partial charge in [0, 0.05) is 11.5 Å². The summed E-state index contributed by atoms with van der Waals surface area (Å²) < 4.78 is 10.3. The van der Waals surface area contributed by atoms with Crippen LogP contribution in [0.25, 0.3) is 0 Å². The van der Waals surface area contributed by atoms with Crippen LogP contribution in [0.1, 0.15) is 5.56 Å². The summed E-state index contributed by atoms with van der Waals surface area (Å²) in [6.45, 7) is 2.23. The highest BCUT2D eigenvalue weighted by Crippen LogP contribution is 2.23. The second-order valence-corrected chi connectivity index (χ2v) is 4.15. The Morgan fingerprint density at radius 2 is 2.24 bits per heavy atom. The van der Waals surface area contributed by atoms with E-state index in [-0.39, 0.29) is 12.6 Å². The van der Waals surface area contributed by atoms with E-state index in [2.05, 4.69) is 25.8 Å². The zero-order valence-electron chi connectivity index (χ0n) is 9.81. The topological polar surface area (TPSA) is 51.1 Å². The molecule has 1 aromatic rings. The maximum Gasteiger partial charge on any atom is 0.413 e. The second-order valence-electron chi connectivity index (χ2n) is 3.24. The minimum atomic E-state index is -0.109. The highest BCUT2D eigenvalue weighted by Gasteiger charge is 2.07. The first kappa shape index (κ1) is 13.5. The van der Waals surface area contributed by atoms with Crippen molar-refractivity contribution in [1.29, 1.82) is 0 Å². The quantitative estimate of drug-likeness (QED) is 0.372. The fourth-order valence-corrected chi connectivity index (χ4v) is 1.61. The average Bonchev–Trinajstić information content (AvgIpc) is 2.31. The van der Waals surface area contributed by atoms with E-state index in [0.29, 0.717) is 0 Å². The smallest absolute Gasteiger partial charge is 0.413 e. The van der Waals surface area contributed by atoms with Gasteiger partial charge in [-0.3, -0.25) is 9.80 Å². The molecule has 0 atom stereocenters. The minimum Gasteiger partial charge on any atom is -0.452 e. The lowest BCUT2D eigenvalue weighted by Gasteiger charge is -2.16. The monoisotopic (exact) mass is 300 g/mol. The Kier molecular flexibility index (Phi) is 4.96. The Morgan fingerprint density at radius 3 is 2.82 bits per heavy atom. The first-order valence-corrected chi connectivity index (χ1v) is 5.60. The number of anilines is 1. The Balaban J connectivity index is 2.98. The molecule has 0 spiro atoms. The summed E-state index contributed by atoms with van der Waals surface area (Å²) in [6, 6.07) is 5.81. The fraction of sp³-hybridized carbons (Fsp3) is 0.273. The number of carbonyl (C=O) groups is 1. The molecule has 0 unspecified atom stereocenters. The third-order valence-electron chi connectivity index (χ3n) is 2.08. The van der Waals surface area contributed by atoms with Crippen LogP contribution in [0.2, 0.25) is 0 Å². The van der Waals surface area contributed by atoms with Gasteiger partial charge in [-0.05, 0) is 24.6 Å². The molecule has 0 aliphatic heterocycles. The number of ether oxygens (including phenoxy) is 2. The van der Waals surface area contributed by atoms with Crippen molar-refractivity contribution in [3.63, 3.8) is 0 Å². The van der Waals surface area contributed by atoms with Crippen molar-refractivity contribution >= 4 is 34.2 Å². The van der Waals surface area contributed by atoms with Crippen molar-refractivity contribution in [3.05, 3.63) is 28.2 Å². The van der Waals surface area contributed by atoms with Gasteiger partial charge in [-0.25, -0.2) is 0 Å². The molecule has 6 heteroatoms. The highest BCUT2D eigenvalue weighted by molar-refractivity contribution is 9.10. The van der Waals surface area contributed by atoms with Gasteiger partial charge in [0.1, 0.15) is 0 Å². The molecule has 1 aromatic carbocycles. The Bertz CT molecular complexity index is 435. The molecule has 0 N–H and O–H groups in total. The molecule has 0 radical (unpaired) electrons. The summed E-state index contributed by atoms with van der Waals surface area (Å²) in [5, 5.41) is 5.58. The molecule has 17 heavy (non-hydrogen) atoms. The summed E-state index contributed by atoms with van der Waals surface area (Å²) >= 11 is 3.38. The fourth-order valence-electron chi connectivity index (χ4n) is 1.26. The number of nitrogens with zero attached hydrogens (tertiary/aromatic N) is 2. The number of rotatable bonds is 3. The van der Waals surface area contributed by atoms with Crippen LogP contribution < -0.4 is 5.01 Å². The molecule has 0 amide bonds. The van der Waals surface area contributed by atoms with Gasteiger partial charge < -0.3 is 9.47 Å². The summed E-state index contributed by atoms with van der Waals surface area (Å²) in [5.41, 5.74) is 1.92. The largest absolute Gasteiger partial charge is 0.452 e. The number of carbonyl (C=O) groups excluding carboxylic acids is 1. The molecule has 92 valence electrons. The summed E-state index contributed by atoms with van der Waals surface area (Å²) in [5.74, 6) is 0. The van der Waals surface area contributed by atoms with Gasteiger partial charge in [-0.1, -0.05) is 27.1 Å². The number of aryl methyl sites for hydroxylation is 1. The van der Waals surface area contributed by atoms with Gasteiger partial charge in [0.15, 0.2) is 0 Å². The molecule has 0 heterocycles. The van der Waals surface area contributed by atoms with E-state index in [1.54, 1.807) is 12.1 Å². The van der Waals surface area contributed by atoms with E-state index in [0.717, 1.165) is 15.7 Å². The van der Waals surface area contributed by atoms with E-state index in [1.807, 2.05) is 25.1 Å². The van der Waals surface area contributed by atoms with Crippen molar-refractivity contribution in [2.45, 2.75) is 6.92 Å². The molecular weight excluding hydrogens is 288 g/mol. The lowest BCUT2D eigenvalue weighted by atomic mass is 10.2. The summed E-state index contributed by atoms with van der Waals surface area (Å²) in [6.07, 6.45) is -0.109. The standard InChI is InChI=1S/C11H13BrN2O3/c1-8-4-5-9(12)6-10(8)14(2)13-11(16-3)17-7-15/h4-7H,1-3H3/b13-11-. The molecule has 0 fully saturated rings. The predicted octanol–water partition coefficient (Wildman–Crippen LogP) is 2.28. The van der Waals surface area contributed by atoms with Crippen LogP contribution >= 0.6 is 15.9 Å². The number of hydrogen-bond acceptors (Lipinski definition) is 5. The molecule has 0 aliphatic rings. The van der Waals surface area contributed by atoms with Crippen LogP contribution in [0.5, 0.6) is 0 Å². The third-order valence-corrected chi connectivity index (χ3v) is 2.57. The van der Waals surface area contributed by atoms with Crippen LogP contribution in [-0.4, -0.2) is 26.7 Å². The van der Waals surface area contributed by atoms with Crippen LogP contribution in [0, 0.1) is 6.92 Å². The number of benzene rings is 1. The van der Waals surface area contributed by atoms with E-state index in [4.69, 9.17) is 4.74 Å². The van der Waals surface area contributed by atoms with E-state index in [9.17, 15) is 4.79 Å². The minimum absolute atomic E-state index is 0.109. The molecule has 0 saturated heterocycles. The lowest BCUT2D eigenvalue weighted by molar-refractivity contribution is -0.123. The van der Waals surface area contributed by atoms with Gasteiger partial charge >= 0.3 is 12.6 Å². The Morgan fingerprint density at radius 1 is 1.53 bits per heavy atom. The number of hydrogen-bond donors (Lipinski definition) is 0. The second kappa shape index (κ2) is 6.24.